The van der Waals surface area contributed by atoms with E-state index in [1.54, 1.807) is 0 Å². The van der Waals surface area contributed by atoms with Gasteiger partial charge in [0.05, 0.1) is 22.5 Å². The fourth-order valence-electron chi connectivity index (χ4n) is 2.86. The van der Waals surface area contributed by atoms with Gasteiger partial charge < -0.3 is 0 Å². The number of aryl methyl sites for hydroxylation is 3. The van der Waals surface area contributed by atoms with Crippen LogP contribution in [0.1, 0.15) is 41.1 Å². The maximum Gasteiger partial charge on any atom is 0.0939 e. The fraction of sp³-hybridized carbons (Fsp3) is 0.250. The predicted molar refractivity (Wildman–Crippen MR) is 92.5 cm³/mol. The molecule has 3 heterocycles. The van der Waals surface area contributed by atoms with E-state index in [1.807, 2.05) is 57.2 Å². The first-order valence-corrected chi connectivity index (χ1v) is 7.82. The summed E-state index contributed by atoms with van der Waals surface area (Å²) in [6.45, 7) is 8.18. The van der Waals surface area contributed by atoms with Crippen LogP contribution < -0.4 is 0 Å². The van der Waals surface area contributed by atoms with Crippen molar-refractivity contribution in [2.45, 2.75) is 33.1 Å². The summed E-state index contributed by atoms with van der Waals surface area (Å²) in [6, 6.07) is 18.3. The van der Waals surface area contributed by atoms with Gasteiger partial charge in [0.2, 0.25) is 0 Å². The highest BCUT2D eigenvalue weighted by molar-refractivity contribution is 5.42. The highest BCUT2D eigenvalue weighted by Crippen LogP contribution is 2.35. The first-order chi connectivity index (χ1) is 11.0. The van der Waals surface area contributed by atoms with Gasteiger partial charge in [0.1, 0.15) is 0 Å². The van der Waals surface area contributed by atoms with Crippen LogP contribution in [0.5, 0.6) is 0 Å². The molecule has 3 nitrogen and oxygen atoms in total. The number of aromatic nitrogens is 3. The second-order valence-electron chi connectivity index (χ2n) is 6.12. The zero-order chi connectivity index (χ0) is 16.4. The van der Waals surface area contributed by atoms with Gasteiger partial charge in [0.15, 0.2) is 0 Å². The van der Waals surface area contributed by atoms with Gasteiger partial charge in [0, 0.05) is 17.1 Å². The summed E-state index contributed by atoms with van der Waals surface area (Å²) in [5.41, 5.74) is 5.40. The van der Waals surface area contributed by atoms with E-state index in [0.29, 0.717) is 0 Å². The largest absolute Gasteiger partial charge is 0.257 e. The van der Waals surface area contributed by atoms with Crippen LogP contribution in [-0.4, -0.2) is 15.0 Å². The van der Waals surface area contributed by atoms with Crippen molar-refractivity contribution in [1.29, 1.82) is 0 Å². The minimum Gasteiger partial charge on any atom is -0.257 e. The third-order valence-corrected chi connectivity index (χ3v) is 4.20. The van der Waals surface area contributed by atoms with Crippen LogP contribution in [0.4, 0.5) is 0 Å². The molecule has 0 bridgehead atoms. The van der Waals surface area contributed by atoms with E-state index in [0.717, 1.165) is 34.2 Å². The molecule has 0 atom stereocenters. The van der Waals surface area contributed by atoms with Crippen LogP contribution in [0.25, 0.3) is 0 Å². The molecule has 0 N–H and O–H groups in total. The summed E-state index contributed by atoms with van der Waals surface area (Å²) in [7, 11) is 0. The van der Waals surface area contributed by atoms with Gasteiger partial charge in [-0.3, -0.25) is 15.0 Å². The summed E-state index contributed by atoms with van der Waals surface area (Å²) >= 11 is 0. The van der Waals surface area contributed by atoms with E-state index in [-0.39, 0.29) is 0 Å². The zero-order valence-electron chi connectivity index (χ0n) is 14.0. The van der Waals surface area contributed by atoms with Gasteiger partial charge >= 0.3 is 0 Å². The van der Waals surface area contributed by atoms with E-state index < -0.39 is 5.41 Å². The van der Waals surface area contributed by atoms with Gasteiger partial charge in [0.25, 0.3) is 0 Å². The van der Waals surface area contributed by atoms with Gasteiger partial charge in [-0.15, -0.1) is 0 Å². The lowest BCUT2D eigenvalue weighted by Crippen LogP contribution is -2.29. The van der Waals surface area contributed by atoms with Crippen LogP contribution in [-0.2, 0) is 5.41 Å². The Morgan fingerprint density at radius 3 is 1.13 bits per heavy atom. The molecule has 3 heteroatoms. The average molecular weight is 303 g/mol. The lowest BCUT2D eigenvalue weighted by molar-refractivity contribution is 0.613. The molecule has 0 amide bonds. The van der Waals surface area contributed by atoms with Crippen molar-refractivity contribution < 1.29 is 0 Å². The molecular formula is C20H21N3. The lowest BCUT2D eigenvalue weighted by atomic mass is 9.78. The molecule has 0 aliphatic carbocycles. The fourth-order valence-corrected chi connectivity index (χ4v) is 2.86. The minimum absolute atomic E-state index is 0.482. The Morgan fingerprint density at radius 2 is 0.870 bits per heavy atom. The smallest absolute Gasteiger partial charge is 0.0939 e. The van der Waals surface area contributed by atoms with Crippen molar-refractivity contribution in [3.8, 4) is 0 Å². The number of nitrogens with zero attached hydrogens (tertiary/aromatic N) is 3. The molecule has 0 fully saturated rings. The molecule has 116 valence electrons. The summed E-state index contributed by atoms with van der Waals surface area (Å²) in [6.07, 6.45) is 0. The Labute approximate surface area is 137 Å². The molecule has 0 unspecified atom stereocenters. The summed E-state index contributed by atoms with van der Waals surface area (Å²) in [4.78, 5) is 14.3. The van der Waals surface area contributed by atoms with Crippen molar-refractivity contribution in [3.05, 3.63) is 88.8 Å². The van der Waals surface area contributed by atoms with Crippen LogP contribution in [0, 0.1) is 20.8 Å². The SMILES string of the molecule is Cc1cccc(C(C)(c2cccc(C)n2)c2cccc(C)n2)n1. The van der Waals surface area contributed by atoms with Crippen molar-refractivity contribution in [2.75, 3.05) is 0 Å². The summed E-state index contributed by atoms with van der Waals surface area (Å²) in [5.74, 6) is 0. The molecule has 0 aliphatic heterocycles. The Hall–Kier alpha value is -2.55. The third kappa shape index (κ3) is 2.87. The van der Waals surface area contributed by atoms with E-state index >= 15 is 0 Å². The van der Waals surface area contributed by atoms with Crippen LogP contribution >= 0.6 is 0 Å². The van der Waals surface area contributed by atoms with Gasteiger partial charge in [-0.25, -0.2) is 0 Å². The Bertz CT molecular complexity index is 729. The molecule has 0 saturated carbocycles. The zero-order valence-corrected chi connectivity index (χ0v) is 14.0. The molecule has 3 aromatic rings. The molecule has 3 aromatic heterocycles. The van der Waals surface area contributed by atoms with Crippen molar-refractivity contribution >= 4 is 0 Å². The van der Waals surface area contributed by atoms with E-state index in [9.17, 15) is 0 Å². The molecular weight excluding hydrogens is 282 g/mol. The van der Waals surface area contributed by atoms with E-state index in [1.165, 1.54) is 0 Å². The number of rotatable bonds is 3. The van der Waals surface area contributed by atoms with Crippen LogP contribution in [0.3, 0.4) is 0 Å². The molecule has 0 saturated heterocycles. The van der Waals surface area contributed by atoms with E-state index in [4.69, 9.17) is 15.0 Å². The highest BCUT2D eigenvalue weighted by Gasteiger charge is 2.35. The Balaban J connectivity index is 2.29. The molecule has 23 heavy (non-hydrogen) atoms. The van der Waals surface area contributed by atoms with Gasteiger partial charge in [-0.2, -0.15) is 0 Å². The minimum atomic E-state index is -0.482. The predicted octanol–water partition coefficient (Wildman–Crippen LogP) is 4.15. The monoisotopic (exact) mass is 303 g/mol. The first-order valence-electron chi connectivity index (χ1n) is 7.82. The maximum absolute atomic E-state index is 4.78. The van der Waals surface area contributed by atoms with Crippen molar-refractivity contribution in [1.82, 2.24) is 15.0 Å². The second-order valence-corrected chi connectivity index (χ2v) is 6.12. The molecule has 3 rings (SSSR count). The summed E-state index contributed by atoms with van der Waals surface area (Å²) < 4.78 is 0. The normalized spacial score (nSPS) is 11.5. The van der Waals surface area contributed by atoms with Crippen LogP contribution in [0.15, 0.2) is 54.6 Å². The number of hydrogen-bond acceptors (Lipinski definition) is 3. The average Bonchev–Trinajstić information content (AvgIpc) is 2.54. The Morgan fingerprint density at radius 1 is 0.565 bits per heavy atom. The lowest BCUT2D eigenvalue weighted by Gasteiger charge is -2.29. The maximum atomic E-state index is 4.78. The van der Waals surface area contributed by atoms with Gasteiger partial charge in [-0.1, -0.05) is 18.2 Å². The molecule has 0 radical (unpaired) electrons. The van der Waals surface area contributed by atoms with Crippen LogP contribution in [0.2, 0.25) is 0 Å². The first kappa shape index (κ1) is 15.3. The number of hydrogen-bond donors (Lipinski definition) is 0. The summed E-state index contributed by atoms with van der Waals surface area (Å²) in [5, 5.41) is 0. The third-order valence-electron chi connectivity index (χ3n) is 4.20. The van der Waals surface area contributed by atoms with Gasteiger partial charge in [-0.05, 0) is 64.1 Å². The quantitative estimate of drug-likeness (QED) is 0.729. The Kier molecular flexibility index (Phi) is 3.95. The topological polar surface area (TPSA) is 38.7 Å². The van der Waals surface area contributed by atoms with Crippen molar-refractivity contribution in [3.63, 3.8) is 0 Å². The van der Waals surface area contributed by atoms with E-state index in [2.05, 4.69) is 25.1 Å². The van der Waals surface area contributed by atoms with Crippen molar-refractivity contribution in [2.24, 2.45) is 0 Å². The molecule has 0 aliphatic rings. The standard InChI is InChI=1S/C20H21N3/c1-14-8-5-11-17(21-14)20(4,18-12-6-9-15(2)22-18)19-13-7-10-16(3)23-19/h5-13H,1-4H3. The molecule has 0 spiro atoms. The highest BCUT2D eigenvalue weighted by atomic mass is 14.8. The number of pyridine rings is 3. The molecule has 0 aromatic carbocycles. The second kappa shape index (κ2) is 5.92.